The molecule has 22 heavy (non-hydrogen) atoms. The molecule has 0 saturated heterocycles. The van der Waals surface area contributed by atoms with Gasteiger partial charge in [0, 0.05) is 18.9 Å². The predicted octanol–water partition coefficient (Wildman–Crippen LogP) is 3.89. The molecule has 3 N–H and O–H groups in total. The lowest BCUT2D eigenvalue weighted by Gasteiger charge is -2.06. The van der Waals surface area contributed by atoms with Gasteiger partial charge in [-0.25, -0.2) is 4.98 Å². The Balaban J connectivity index is 0.000000246. The van der Waals surface area contributed by atoms with Crippen LogP contribution in [0, 0.1) is 0 Å². The molecular weight excluding hydrogens is 274 g/mol. The lowest BCUT2D eigenvalue weighted by atomic mass is 10.0. The fraction of sp³-hybridized carbons (Fsp3) is 0.471. The van der Waals surface area contributed by atoms with Crippen LogP contribution in [0.2, 0.25) is 0 Å². The Bertz CT molecular complexity index is 541. The van der Waals surface area contributed by atoms with E-state index in [-0.39, 0.29) is 0 Å². The first-order valence-corrected chi connectivity index (χ1v) is 8.09. The third kappa shape index (κ3) is 4.98. The van der Waals surface area contributed by atoms with Gasteiger partial charge in [0.2, 0.25) is 5.95 Å². The van der Waals surface area contributed by atoms with E-state index in [9.17, 15) is 0 Å². The Morgan fingerprint density at radius 1 is 1.05 bits per heavy atom. The van der Waals surface area contributed by atoms with E-state index in [1.54, 1.807) is 12.4 Å². The van der Waals surface area contributed by atoms with Crippen molar-refractivity contribution in [3.05, 3.63) is 30.6 Å². The van der Waals surface area contributed by atoms with Crippen molar-refractivity contribution in [2.24, 2.45) is 0 Å². The molecule has 1 aliphatic carbocycles. The Kier molecular flexibility index (Phi) is 6.61. The summed E-state index contributed by atoms with van der Waals surface area (Å²) in [6.45, 7) is 2.74. The van der Waals surface area contributed by atoms with Crippen LogP contribution in [0.1, 0.15) is 45.4 Å². The number of nitrogens with one attached hydrogen (secondary N) is 1. The topological polar surface area (TPSA) is 76.7 Å². The third-order valence-electron chi connectivity index (χ3n) is 3.59. The second-order valence-electron chi connectivity index (χ2n) is 5.36. The fourth-order valence-electron chi connectivity index (χ4n) is 2.42. The first-order chi connectivity index (χ1) is 10.8. The average Bonchev–Trinajstić information content (AvgIpc) is 2.58. The van der Waals surface area contributed by atoms with E-state index in [0.717, 1.165) is 17.8 Å². The number of pyridine rings is 1. The van der Waals surface area contributed by atoms with E-state index in [4.69, 9.17) is 5.73 Å². The first-order valence-electron chi connectivity index (χ1n) is 8.09. The Morgan fingerprint density at radius 3 is 2.23 bits per heavy atom. The summed E-state index contributed by atoms with van der Waals surface area (Å²) in [4.78, 5) is 12.5. The summed E-state index contributed by atoms with van der Waals surface area (Å²) in [5, 5.41) is 3.00. The largest absolute Gasteiger partial charge is 0.383 e. The van der Waals surface area contributed by atoms with Crippen molar-refractivity contribution in [2.45, 2.75) is 45.4 Å². The predicted molar refractivity (Wildman–Crippen MR) is 91.5 cm³/mol. The zero-order valence-electron chi connectivity index (χ0n) is 13.3. The van der Waals surface area contributed by atoms with E-state index in [1.165, 1.54) is 38.5 Å². The Labute approximate surface area is 132 Å². The highest BCUT2D eigenvalue weighted by molar-refractivity contribution is 5.70. The third-order valence-corrected chi connectivity index (χ3v) is 3.59. The van der Waals surface area contributed by atoms with E-state index in [1.807, 2.05) is 25.1 Å². The first kappa shape index (κ1) is 16.2. The second kappa shape index (κ2) is 8.97. The minimum Gasteiger partial charge on any atom is -0.383 e. The van der Waals surface area contributed by atoms with Crippen LogP contribution in [-0.2, 0) is 0 Å². The van der Waals surface area contributed by atoms with Crippen molar-refractivity contribution in [3.63, 3.8) is 0 Å². The average molecular weight is 299 g/mol. The minimum atomic E-state index is 0.435. The molecule has 0 spiro atoms. The van der Waals surface area contributed by atoms with Crippen molar-refractivity contribution in [2.75, 3.05) is 17.6 Å². The summed E-state index contributed by atoms with van der Waals surface area (Å²) in [6.07, 6.45) is 12.4. The molecule has 1 saturated carbocycles. The number of aromatic nitrogens is 3. The molecule has 1 fully saturated rings. The number of nitrogens with two attached hydrogens (primary N) is 1. The minimum absolute atomic E-state index is 0.435. The second-order valence-corrected chi connectivity index (χ2v) is 5.36. The zero-order chi connectivity index (χ0) is 15.6. The summed E-state index contributed by atoms with van der Waals surface area (Å²) >= 11 is 0. The van der Waals surface area contributed by atoms with Crippen molar-refractivity contribution in [3.8, 4) is 11.3 Å². The fourth-order valence-corrected chi connectivity index (χ4v) is 2.42. The smallest absolute Gasteiger partial charge is 0.224 e. The number of nitrogens with zero attached hydrogens (tertiary/aromatic N) is 3. The SMILES string of the molecule is C1CCCCC1.CCNc1ncc(-c2ccccn2)c(N)n1. The number of rotatable bonds is 3. The van der Waals surface area contributed by atoms with Crippen molar-refractivity contribution < 1.29 is 0 Å². The molecule has 0 aliphatic heterocycles. The van der Waals surface area contributed by atoms with Gasteiger partial charge >= 0.3 is 0 Å². The molecule has 5 heteroatoms. The van der Waals surface area contributed by atoms with Gasteiger partial charge in [-0.2, -0.15) is 4.98 Å². The summed E-state index contributed by atoms with van der Waals surface area (Å²) in [5.41, 5.74) is 7.39. The number of hydrogen-bond acceptors (Lipinski definition) is 5. The summed E-state index contributed by atoms with van der Waals surface area (Å²) in [5.74, 6) is 0.976. The van der Waals surface area contributed by atoms with E-state index in [2.05, 4.69) is 20.3 Å². The molecule has 3 rings (SSSR count). The van der Waals surface area contributed by atoms with Gasteiger partial charge < -0.3 is 11.1 Å². The maximum atomic E-state index is 5.85. The molecule has 0 amide bonds. The number of nitrogen functional groups attached to an aromatic ring is 1. The van der Waals surface area contributed by atoms with E-state index >= 15 is 0 Å². The molecule has 2 aromatic rings. The Morgan fingerprint density at radius 2 is 1.73 bits per heavy atom. The van der Waals surface area contributed by atoms with Gasteiger partial charge in [-0.05, 0) is 19.1 Å². The van der Waals surface area contributed by atoms with Crippen molar-refractivity contribution in [1.29, 1.82) is 0 Å². The standard InChI is InChI=1S/C11H13N5.C6H12/c1-2-13-11-15-7-8(10(12)16-11)9-5-3-4-6-14-9;1-2-4-6-5-3-1/h3-7H,2H2,1H3,(H3,12,13,15,16);1-6H2. The summed E-state index contributed by atoms with van der Waals surface area (Å²) < 4.78 is 0. The van der Waals surface area contributed by atoms with Crippen molar-refractivity contribution in [1.82, 2.24) is 15.0 Å². The van der Waals surface area contributed by atoms with Crippen LogP contribution in [-0.4, -0.2) is 21.5 Å². The molecule has 2 heterocycles. The molecule has 0 aromatic carbocycles. The molecule has 0 radical (unpaired) electrons. The molecule has 2 aromatic heterocycles. The lowest BCUT2D eigenvalue weighted by molar-refractivity contribution is 0.504. The van der Waals surface area contributed by atoms with Gasteiger partial charge in [0.25, 0.3) is 0 Å². The van der Waals surface area contributed by atoms with E-state index < -0.39 is 0 Å². The van der Waals surface area contributed by atoms with Crippen LogP contribution >= 0.6 is 0 Å². The number of anilines is 2. The molecule has 0 unspecified atom stereocenters. The number of hydrogen-bond donors (Lipinski definition) is 2. The van der Waals surface area contributed by atoms with E-state index in [0.29, 0.717) is 11.8 Å². The molecule has 118 valence electrons. The maximum Gasteiger partial charge on any atom is 0.224 e. The van der Waals surface area contributed by atoms with Gasteiger partial charge in [-0.3, -0.25) is 4.98 Å². The van der Waals surface area contributed by atoms with Crippen LogP contribution in [0.25, 0.3) is 11.3 Å². The van der Waals surface area contributed by atoms with Crippen LogP contribution in [0.15, 0.2) is 30.6 Å². The molecule has 0 atom stereocenters. The van der Waals surface area contributed by atoms with Gasteiger partial charge in [-0.1, -0.05) is 44.6 Å². The highest BCUT2D eigenvalue weighted by Crippen LogP contribution is 2.21. The summed E-state index contributed by atoms with van der Waals surface area (Å²) in [7, 11) is 0. The van der Waals surface area contributed by atoms with Gasteiger partial charge in [-0.15, -0.1) is 0 Å². The van der Waals surface area contributed by atoms with Gasteiger partial charge in [0.15, 0.2) is 0 Å². The van der Waals surface area contributed by atoms with Crippen molar-refractivity contribution >= 4 is 11.8 Å². The summed E-state index contributed by atoms with van der Waals surface area (Å²) in [6, 6.07) is 5.63. The highest BCUT2D eigenvalue weighted by Gasteiger charge is 2.06. The lowest BCUT2D eigenvalue weighted by Crippen LogP contribution is -2.05. The molecule has 5 nitrogen and oxygen atoms in total. The maximum absolute atomic E-state index is 5.85. The van der Waals surface area contributed by atoms with Crippen LogP contribution in [0.3, 0.4) is 0 Å². The highest BCUT2D eigenvalue weighted by atomic mass is 15.1. The van der Waals surface area contributed by atoms with Gasteiger partial charge in [0.05, 0.1) is 11.3 Å². The van der Waals surface area contributed by atoms with Crippen LogP contribution in [0.5, 0.6) is 0 Å². The molecular formula is C17H25N5. The normalized spacial score (nSPS) is 13.9. The zero-order valence-corrected chi connectivity index (χ0v) is 13.3. The molecule has 1 aliphatic rings. The van der Waals surface area contributed by atoms with Gasteiger partial charge in [0.1, 0.15) is 5.82 Å². The Hall–Kier alpha value is -2.17. The van der Waals surface area contributed by atoms with Crippen LogP contribution in [0.4, 0.5) is 11.8 Å². The monoisotopic (exact) mass is 299 g/mol. The quantitative estimate of drug-likeness (QED) is 0.899. The van der Waals surface area contributed by atoms with Crippen LogP contribution < -0.4 is 11.1 Å². The molecule has 0 bridgehead atoms.